The Morgan fingerprint density at radius 2 is 1.79 bits per heavy atom. The van der Waals surface area contributed by atoms with Gasteiger partial charge in [-0.25, -0.2) is 0 Å². The minimum Gasteiger partial charge on any atom is -0.360 e. The van der Waals surface area contributed by atoms with Crippen LogP contribution in [0.1, 0.15) is 32.1 Å². The molecule has 2 saturated carbocycles. The standard InChI is InChI=1S/C11H20N2S/c1-13(2)11(14)12-10-6-8-4-3-5-9(8)7-10/h8-10H,3-7H2,1-2H3,(H,12,14). The molecule has 80 valence electrons. The maximum absolute atomic E-state index is 5.26. The van der Waals surface area contributed by atoms with E-state index in [1.165, 1.54) is 32.1 Å². The van der Waals surface area contributed by atoms with Crippen molar-refractivity contribution in [3.63, 3.8) is 0 Å². The fourth-order valence-corrected chi connectivity index (χ4v) is 3.15. The molecule has 0 spiro atoms. The summed E-state index contributed by atoms with van der Waals surface area (Å²) in [5.41, 5.74) is 0. The molecule has 1 N–H and O–H groups in total. The van der Waals surface area contributed by atoms with Crippen LogP contribution < -0.4 is 5.32 Å². The molecule has 14 heavy (non-hydrogen) atoms. The molecule has 2 atom stereocenters. The minimum absolute atomic E-state index is 0.653. The summed E-state index contributed by atoms with van der Waals surface area (Å²) in [4.78, 5) is 1.99. The maximum atomic E-state index is 5.26. The van der Waals surface area contributed by atoms with E-state index < -0.39 is 0 Å². The predicted octanol–water partition coefficient (Wildman–Crippen LogP) is 2.00. The third-order valence-corrected chi connectivity index (χ3v) is 4.21. The Balaban J connectivity index is 1.82. The van der Waals surface area contributed by atoms with E-state index in [-0.39, 0.29) is 0 Å². The Labute approximate surface area is 92.0 Å². The van der Waals surface area contributed by atoms with E-state index in [9.17, 15) is 0 Å². The molecule has 0 aliphatic heterocycles. The Bertz CT molecular complexity index is 215. The van der Waals surface area contributed by atoms with Crippen LogP contribution in [0.15, 0.2) is 0 Å². The molecule has 2 rings (SSSR count). The average molecular weight is 212 g/mol. The SMILES string of the molecule is CN(C)C(=S)NC1CC2CCCC2C1. The van der Waals surface area contributed by atoms with Crippen molar-refractivity contribution < 1.29 is 0 Å². The molecule has 0 aromatic carbocycles. The number of hydrogen-bond donors (Lipinski definition) is 1. The lowest BCUT2D eigenvalue weighted by Gasteiger charge is -2.20. The van der Waals surface area contributed by atoms with Gasteiger partial charge in [-0.05, 0) is 36.9 Å². The minimum atomic E-state index is 0.653. The lowest BCUT2D eigenvalue weighted by atomic mass is 10.0. The highest BCUT2D eigenvalue weighted by Gasteiger charge is 2.37. The largest absolute Gasteiger partial charge is 0.360 e. The van der Waals surface area contributed by atoms with Crippen LogP contribution in [0.3, 0.4) is 0 Å². The molecule has 2 nitrogen and oxygen atoms in total. The first-order valence-electron chi connectivity index (χ1n) is 5.64. The molecular weight excluding hydrogens is 192 g/mol. The number of nitrogens with one attached hydrogen (secondary N) is 1. The summed E-state index contributed by atoms with van der Waals surface area (Å²) in [6, 6.07) is 0.653. The summed E-state index contributed by atoms with van der Waals surface area (Å²) in [7, 11) is 4.01. The van der Waals surface area contributed by atoms with Crippen LogP contribution >= 0.6 is 12.2 Å². The molecule has 2 unspecified atom stereocenters. The maximum Gasteiger partial charge on any atom is 0.168 e. The number of rotatable bonds is 1. The number of nitrogens with zero attached hydrogens (tertiary/aromatic N) is 1. The zero-order valence-corrected chi connectivity index (χ0v) is 9.94. The van der Waals surface area contributed by atoms with Gasteiger partial charge in [-0.2, -0.15) is 0 Å². The zero-order chi connectivity index (χ0) is 10.1. The first-order valence-corrected chi connectivity index (χ1v) is 6.05. The van der Waals surface area contributed by atoms with Crippen molar-refractivity contribution >= 4 is 17.3 Å². The molecule has 2 aliphatic carbocycles. The van der Waals surface area contributed by atoms with Crippen molar-refractivity contribution in [3.05, 3.63) is 0 Å². The Morgan fingerprint density at radius 3 is 2.29 bits per heavy atom. The fourth-order valence-electron chi connectivity index (χ4n) is 2.98. The van der Waals surface area contributed by atoms with Crippen molar-refractivity contribution in [1.82, 2.24) is 10.2 Å². The van der Waals surface area contributed by atoms with Crippen LogP contribution in [0.4, 0.5) is 0 Å². The van der Waals surface area contributed by atoms with E-state index >= 15 is 0 Å². The number of hydrogen-bond acceptors (Lipinski definition) is 1. The summed E-state index contributed by atoms with van der Waals surface area (Å²) in [5.74, 6) is 2.00. The van der Waals surface area contributed by atoms with Crippen LogP contribution in [0.2, 0.25) is 0 Å². The van der Waals surface area contributed by atoms with E-state index in [0.717, 1.165) is 16.9 Å². The van der Waals surface area contributed by atoms with E-state index in [4.69, 9.17) is 12.2 Å². The summed E-state index contributed by atoms with van der Waals surface area (Å²) >= 11 is 5.26. The van der Waals surface area contributed by atoms with E-state index in [1.807, 2.05) is 19.0 Å². The van der Waals surface area contributed by atoms with Crippen molar-refractivity contribution in [2.75, 3.05) is 14.1 Å². The Hall–Kier alpha value is -0.310. The molecule has 0 radical (unpaired) electrons. The first kappa shape index (κ1) is 10.2. The van der Waals surface area contributed by atoms with Crippen LogP contribution in [0, 0.1) is 11.8 Å². The summed E-state index contributed by atoms with van der Waals surface area (Å²) in [5, 5.41) is 4.36. The van der Waals surface area contributed by atoms with Gasteiger partial charge in [-0.15, -0.1) is 0 Å². The van der Waals surface area contributed by atoms with Gasteiger partial charge in [-0.1, -0.05) is 19.3 Å². The molecule has 0 bridgehead atoms. The lowest BCUT2D eigenvalue weighted by molar-refractivity contribution is 0.457. The van der Waals surface area contributed by atoms with Gasteiger partial charge in [0.15, 0.2) is 5.11 Å². The molecule has 2 fully saturated rings. The molecule has 0 aromatic rings. The Kier molecular flexibility index (Phi) is 2.96. The monoisotopic (exact) mass is 212 g/mol. The fraction of sp³-hybridized carbons (Fsp3) is 0.909. The highest BCUT2D eigenvalue weighted by molar-refractivity contribution is 7.80. The van der Waals surface area contributed by atoms with Crippen LogP contribution in [0.25, 0.3) is 0 Å². The summed E-state index contributed by atoms with van der Waals surface area (Å²) < 4.78 is 0. The van der Waals surface area contributed by atoms with Crippen molar-refractivity contribution in [2.45, 2.75) is 38.1 Å². The number of fused-ring (bicyclic) bond motifs is 1. The van der Waals surface area contributed by atoms with Crippen molar-refractivity contribution in [1.29, 1.82) is 0 Å². The van der Waals surface area contributed by atoms with E-state index in [2.05, 4.69) is 5.32 Å². The van der Waals surface area contributed by atoms with Gasteiger partial charge in [-0.3, -0.25) is 0 Å². The normalized spacial score (nSPS) is 35.4. The van der Waals surface area contributed by atoms with E-state index in [0.29, 0.717) is 6.04 Å². The van der Waals surface area contributed by atoms with Crippen molar-refractivity contribution in [3.8, 4) is 0 Å². The number of thiocarbonyl (C=S) groups is 1. The predicted molar refractivity (Wildman–Crippen MR) is 63.3 cm³/mol. The van der Waals surface area contributed by atoms with Gasteiger partial charge in [0.25, 0.3) is 0 Å². The van der Waals surface area contributed by atoms with Crippen LogP contribution in [0.5, 0.6) is 0 Å². The second-order valence-corrected chi connectivity index (χ2v) is 5.35. The molecular formula is C11H20N2S. The Morgan fingerprint density at radius 1 is 1.21 bits per heavy atom. The third kappa shape index (κ3) is 2.02. The second kappa shape index (κ2) is 4.05. The molecule has 0 saturated heterocycles. The lowest BCUT2D eigenvalue weighted by Crippen LogP contribution is -2.40. The highest BCUT2D eigenvalue weighted by Crippen LogP contribution is 2.43. The van der Waals surface area contributed by atoms with Gasteiger partial charge < -0.3 is 10.2 Å². The van der Waals surface area contributed by atoms with Gasteiger partial charge in [0, 0.05) is 20.1 Å². The zero-order valence-electron chi connectivity index (χ0n) is 9.12. The summed E-state index contributed by atoms with van der Waals surface area (Å²) in [6.45, 7) is 0. The molecule has 0 aromatic heterocycles. The highest BCUT2D eigenvalue weighted by atomic mass is 32.1. The molecule has 0 heterocycles. The second-order valence-electron chi connectivity index (χ2n) is 4.96. The van der Waals surface area contributed by atoms with Gasteiger partial charge in [0.2, 0.25) is 0 Å². The topological polar surface area (TPSA) is 15.3 Å². The van der Waals surface area contributed by atoms with E-state index in [1.54, 1.807) is 0 Å². The van der Waals surface area contributed by atoms with Gasteiger partial charge >= 0.3 is 0 Å². The van der Waals surface area contributed by atoms with Gasteiger partial charge in [0.1, 0.15) is 0 Å². The third-order valence-electron chi connectivity index (χ3n) is 3.72. The smallest absolute Gasteiger partial charge is 0.168 e. The average Bonchev–Trinajstić information content (AvgIpc) is 2.63. The molecule has 2 aliphatic rings. The van der Waals surface area contributed by atoms with Crippen LogP contribution in [-0.4, -0.2) is 30.1 Å². The van der Waals surface area contributed by atoms with Gasteiger partial charge in [0.05, 0.1) is 0 Å². The molecule has 3 heteroatoms. The first-order chi connectivity index (χ1) is 6.66. The molecule has 0 amide bonds. The quantitative estimate of drug-likeness (QED) is 0.669. The summed E-state index contributed by atoms with van der Waals surface area (Å²) in [6.07, 6.45) is 7.06. The van der Waals surface area contributed by atoms with Crippen molar-refractivity contribution in [2.24, 2.45) is 11.8 Å². The van der Waals surface area contributed by atoms with Crippen LogP contribution in [-0.2, 0) is 0 Å².